The maximum Gasteiger partial charge on any atom is 0.337 e. The van der Waals surface area contributed by atoms with Crippen molar-refractivity contribution < 1.29 is 19.1 Å². The Hall–Kier alpha value is -4.63. The van der Waals surface area contributed by atoms with Crippen LogP contribution in [-0.2, 0) is 18.2 Å². The van der Waals surface area contributed by atoms with E-state index in [1.165, 1.54) is 11.7 Å². The number of carbonyl (C=O) groups is 1. The molecule has 9 nitrogen and oxygen atoms in total. The smallest absolute Gasteiger partial charge is 0.337 e. The van der Waals surface area contributed by atoms with E-state index in [9.17, 15) is 14.7 Å². The van der Waals surface area contributed by atoms with E-state index in [1.807, 2.05) is 47.4 Å². The predicted molar refractivity (Wildman–Crippen MR) is 146 cm³/mol. The molecule has 1 N–H and O–H groups in total. The van der Waals surface area contributed by atoms with Gasteiger partial charge in [0, 0.05) is 18.6 Å². The molecule has 0 bridgehead atoms. The van der Waals surface area contributed by atoms with Crippen LogP contribution in [-0.4, -0.2) is 39.3 Å². The van der Waals surface area contributed by atoms with Crippen molar-refractivity contribution in [1.29, 1.82) is 0 Å². The van der Waals surface area contributed by atoms with Gasteiger partial charge in [0.1, 0.15) is 5.52 Å². The van der Waals surface area contributed by atoms with Gasteiger partial charge < -0.3 is 19.2 Å². The average Bonchev–Trinajstić information content (AvgIpc) is 3.39. The molecule has 0 amide bonds. The third-order valence-electron chi connectivity index (χ3n) is 6.99. The lowest BCUT2D eigenvalue weighted by atomic mass is 9.87. The SMILES string of the molecule is COC(=O)c1ccc2c(c1)CCN(c1nc(-c3nc4ccccc4o3)c(O)c(=O)n1C)[C@@H]2c1ccccc1Cl. The third kappa shape index (κ3) is 4.11. The number of methoxy groups -OCH3 is 1. The first-order chi connectivity index (χ1) is 18.9. The van der Waals surface area contributed by atoms with Crippen LogP contribution in [0.3, 0.4) is 0 Å². The second-order valence-corrected chi connectivity index (χ2v) is 9.64. The van der Waals surface area contributed by atoms with Gasteiger partial charge in [0.15, 0.2) is 11.3 Å². The van der Waals surface area contributed by atoms with Gasteiger partial charge in [-0.2, -0.15) is 0 Å². The van der Waals surface area contributed by atoms with Crippen LogP contribution in [0.4, 0.5) is 5.95 Å². The minimum absolute atomic E-state index is 0.0436. The van der Waals surface area contributed by atoms with Crippen molar-refractivity contribution in [1.82, 2.24) is 14.5 Å². The van der Waals surface area contributed by atoms with Crippen molar-refractivity contribution in [3.63, 3.8) is 0 Å². The van der Waals surface area contributed by atoms with Crippen molar-refractivity contribution >= 4 is 34.6 Å². The van der Waals surface area contributed by atoms with E-state index in [0.717, 1.165) is 16.7 Å². The largest absolute Gasteiger partial charge is 0.501 e. The normalized spacial score (nSPS) is 14.8. The molecule has 3 heterocycles. The van der Waals surface area contributed by atoms with Gasteiger partial charge in [-0.05, 0) is 53.4 Å². The summed E-state index contributed by atoms with van der Waals surface area (Å²) in [5.41, 5.74) is 3.54. The van der Waals surface area contributed by atoms with Gasteiger partial charge in [0.2, 0.25) is 11.7 Å². The fourth-order valence-corrected chi connectivity index (χ4v) is 5.32. The standard InChI is InChI=1S/C29H23ClN4O5/c1-33-27(36)25(35)23(26-31-21-9-5-6-10-22(21)39-26)32-29(33)34-14-13-16-15-17(28(37)38-2)11-12-18(16)24(34)19-7-3-4-8-20(19)30/h3-12,15,24,35H,13-14H2,1-2H3/t24-/m0/s1. The number of hydrogen-bond donors (Lipinski definition) is 1. The molecule has 0 saturated heterocycles. The Morgan fingerprint density at radius 1 is 1.08 bits per heavy atom. The van der Waals surface area contributed by atoms with E-state index < -0.39 is 23.3 Å². The number of oxazole rings is 1. The van der Waals surface area contributed by atoms with E-state index in [4.69, 9.17) is 25.7 Å². The first-order valence-corrected chi connectivity index (χ1v) is 12.6. The van der Waals surface area contributed by atoms with E-state index in [2.05, 4.69) is 4.98 Å². The Balaban J connectivity index is 1.55. The van der Waals surface area contributed by atoms with E-state index >= 15 is 0 Å². The first kappa shape index (κ1) is 24.7. The molecule has 0 radical (unpaired) electrons. The lowest BCUT2D eigenvalue weighted by Crippen LogP contribution is -2.40. The Morgan fingerprint density at radius 3 is 2.62 bits per heavy atom. The van der Waals surface area contributed by atoms with Gasteiger partial charge in [-0.3, -0.25) is 9.36 Å². The van der Waals surface area contributed by atoms with Gasteiger partial charge in [0.05, 0.1) is 18.7 Å². The van der Waals surface area contributed by atoms with Gasteiger partial charge >= 0.3 is 5.97 Å². The quantitative estimate of drug-likeness (QED) is 0.320. The molecule has 0 unspecified atom stereocenters. The molecule has 0 aliphatic carbocycles. The maximum atomic E-state index is 13.2. The molecular formula is C29H23ClN4O5. The van der Waals surface area contributed by atoms with E-state index in [-0.39, 0.29) is 11.6 Å². The molecule has 10 heteroatoms. The predicted octanol–water partition coefficient (Wildman–Crippen LogP) is 4.89. The van der Waals surface area contributed by atoms with Crippen LogP contribution < -0.4 is 10.5 Å². The summed E-state index contributed by atoms with van der Waals surface area (Å²) in [7, 11) is 2.90. The van der Waals surface area contributed by atoms with Crippen LogP contribution in [0.5, 0.6) is 5.75 Å². The lowest BCUT2D eigenvalue weighted by Gasteiger charge is -2.39. The number of fused-ring (bicyclic) bond motifs is 2. The van der Waals surface area contributed by atoms with Gasteiger partial charge in [-0.15, -0.1) is 0 Å². The number of benzene rings is 3. The zero-order valence-electron chi connectivity index (χ0n) is 21.1. The number of para-hydroxylation sites is 2. The molecule has 6 rings (SSSR count). The van der Waals surface area contributed by atoms with Crippen LogP contribution in [0.2, 0.25) is 5.02 Å². The average molecular weight is 543 g/mol. The molecule has 196 valence electrons. The molecular weight excluding hydrogens is 520 g/mol. The molecule has 1 atom stereocenters. The zero-order valence-corrected chi connectivity index (χ0v) is 21.8. The maximum absolute atomic E-state index is 13.2. The fourth-order valence-electron chi connectivity index (χ4n) is 5.08. The van der Waals surface area contributed by atoms with Gasteiger partial charge in [-0.25, -0.2) is 14.8 Å². The zero-order chi connectivity index (χ0) is 27.3. The summed E-state index contributed by atoms with van der Waals surface area (Å²) < 4.78 is 12.1. The summed E-state index contributed by atoms with van der Waals surface area (Å²) in [6.07, 6.45) is 0.566. The second-order valence-electron chi connectivity index (χ2n) is 9.23. The van der Waals surface area contributed by atoms with E-state index in [1.54, 1.807) is 31.3 Å². The van der Waals surface area contributed by atoms with Crippen molar-refractivity contribution in [2.75, 3.05) is 18.6 Å². The fraction of sp³-hybridized carbons (Fsp3) is 0.172. The molecule has 39 heavy (non-hydrogen) atoms. The molecule has 0 saturated carbocycles. The van der Waals surface area contributed by atoms with Crippen LogP contribution in [0.1, 0.15) is 33.1 Å². The number of carbonyl (C=O) groups excluding carboxylic acids is 1. The molecule has 1 aliphatic heterocycles. The third-order valence-corrected chi connectivity index (χ3v) is 7.33. The minimum Gasteiger partial charge on any atom is -0.501 e. The topological polar surface area (TPSA) is 111 Å². The highest BCUT2D eigenvalue weighted by atomic mass is 35.5. The lowest BCUT2D eigenvalue weighted by molar-refractivity contribution is 0.0600. The summed E-state index contributed by atoms with van der Waals surface area (Å²) in [5.74, 6) is -0.618. The number of aromatic nitrogens is 3. The highest BCUT2D eigenvalue weighted by molar-refractivity contribution is 6.31. The summed E-state index contributed by atoms with van der Waals surface area (Å²) in [6, 6.07) is 19.6. The molecule has 2 aromatic heterocycles. The number of ether oxygens (including phenoxy) is 1. The van der Waals surface area contributed by atoms with Crippen molar-refractivity contribution in [3.8, 4) is 17.3 Å². The molecule has 0 spiro atoms. The molecule has 1 aliphatic rings. The van der Waals surface area contributed by atoms with Crippen molar-refractivity contribution in [3.05, 3.63) is 104 Å². The Kier molecular flexibility index (Phi) is 6.07. The Labute approximate surface area is 227 Å². The number of hydrogen-bond acceptors (Lipinski definition) is 8. The summed E-state index contributed by atoms with van der Waals surface area (Å²) in [4.78, 5) is 36.6. The van der Waals surface area contributed by atoms with E-state index in [0.29, 0.717) is 40.6 Å². The number of nitrogens with zero attached hydrogens (tertiary/aromatic N) is 4. The number of anilines is 1. The Bertz CT molecular complexity index is 1780. The highest BCUT2D eigenvalue weighted by Crippen LogP contribution is 2.41. The highest BCUT2D eigenvalue weighted by Gasteiger charge is 2.34. The van der Waals surface area contributed by atoms with Gasteiger partial charge in [-0.1, -0.05) is 48.0 Å². The van der Waals surface area contributed by atoms with Crippen LogP contribution in [0, 0.1) is 0 Å². The number of rotatable bonds is 4. The van der Waals surface area contributed by atoms with Crippen LogP contribution >= 0.6 is 11.6 Å². The number of halogens is 1. The second kappa shape index (κ2) is 9.59. The first-order valence-electron chi connectivity index (χ1n) is 12.3. The summed E-state index contributed by atoms with van der Waals surface area (Å²) in [6.45, 7) is 0.450. The molecule has 0 fully saturated rings. The monoisotopic (exact) mass is 542 g/mol. The number of aromatic hydroxyl groups is 1. The Morgan fingerprint density at radius 2 is 1.85 bits per heavy atom. The molecule has 5 aromatic rings. The van der Waals surface area contributed by atoms with Crippen LogP contribution in [0.25, 0.3) is 22.7 Å². The van der Waals surface area contributed by atoms with Gasteiger partial charge in [0.25, 0.3) is 11.4 Å². The summed E-state index contributed by atoms with van der Waals surface area (Å²) in [5, 5.41) is 11.3. The van der Waals surface area contributed by atoms with Crippen LogP contribution in [0.15, 0.2) is 75.9 Å². The van der Waals surface area contributed by atoms with Crippen molar-refractivity contribution in [2.45, 2.75) is 12.5 Å². The van der Waals surface area contributed by atoms with Crippen molar-refractivity contribution in [2.24, 2.45) is 7.05 Å². The number of esters is 1. The summed E-state index contributed by atoms with van der Waals surface area (Å²) >= 11 is 6.69. The minimum atomic E-state index is -0.637. The molecule has 3 aromatic carbocycles.